The second kappa shape index (κ2) is 5.85. The predicted molar refractivity (Wildman–Crippen MR) is 68.9 cm³/mol. The average molecular weight is 260 g/mol. The highest BCUT2D eigenvalue weighted by Crippen LogP contribution is 2.51. The van der Waals surface area contributed by atoms with Crippen molar-refractivity contribution in [2.45, 2.75) is 58.3 Å². The quantitative estimate of drug-likeness (QED) is 0.793. The molecule has 1 aliphatic carbocycles. The van der Waals surface area contributed by atoms with Gasteiger partial charge in [0.1, 0.15) is 0 Å². The monoisotopic (exact) mass is 259 g/mol. The zero-order chi connectivity index (χ0) is 11.6. The van der Waals surface area contributed by atoms with Crippen molar-refractivity contribution in [3.63, 3.8) is 0 Å². The van der Waals surface area contributed by atoms with E-state index in [1.54, 1.807) is 0 Å². The average Bonchev–Trinajstić information content (AvgIpc) is 2.55. The minimum atomic E-state index is -0.0559. The van der Waals surface area contributed by atoms with Crippen LogP contribution < -0.4 is 5.32 Å². The minimum absolute atomic E-state index is 0. The standard InChI is InChI=1S/C13H21NO2.ClH/c1-2-3-5-10-6-4-7-13(10)8-11(15)14-12(16)9-13;/h10H,2-9H2,1H3,(H,14,15,16);1H. The Bertz CT molecular complexity index is 288. The van der Waals surface area contributed by atoms with Gasteiger partial charge in [-0.3, -0.25) is 14.9 Å². The lowest BCUT2D eigenvalue weighted by atomic mass is 9.69. The molecule has 1 unspecified atom stereocenters. The molecule has 0 radical (unpaired) electrons. The normalized spacial score (nSPS) is 26.8. The Labute approximate surface area is 109 Å². The summed E-state index contributed by atoms with van der Waals surface area (Å²) in [5.41, 5.74) is 0.0224. The van der Waals surface area contributed by atoms with E-state index in [1.165, 1.54) is 32.1 Å². The Morgan fingerprint density at radius 2 is 1.94 bits per heavy atom. The zero-order valence-corrected chi connectivity index (χ0v) is 11.3. The van der Waals surface area contributed by atoms with E-state index in [9.17, 15) is 9.59 Å². The first-order valence-corrected chi connectivity index (χ1v) is 6.49. The van der Waals surface area contributed by atoms with Gasteiger partial charge in [-0.15, -0.1) is 12.4 Å². The number of nitrogens with one attached hydrogen (secondary N) is 1. The smallest absolute Gasteiger partial charge is 0.227 e. The van der Waals surface area contributed by atoms with E-state index >= 15 is 0 Å². The second-order valence-corrected chi connectivity index (χ2v) is 5.42. The molecule has 1 atom stereocenters. The van der Waals surface area contributed by atoms with Crippen LogP contribution in [0.5, 0.6) is 0 Å². The molecule has 1 N–H and O–H groups in total. The maximum atomic E-state index is 11.5. The van der Waals surface area contributed by atoms with E-state index in [1.807, 2.05) is 0 Å². The molecule has 1 saturated carbocycles. The summed E-state index contributed by atoms with van der Waals surface area (Å²) in [4.78, 5) is 23.0. The molecule has 0 aromatic heterocycles. The van der Waals surface area contributed by atoms with Gasteiger partial charge in [0.25, 0.3) is 0 Å². The molecule has 2 amide bonds. The number of hydrogen-bond donors (Lipinski definition) is 1. The maximum Gasteiger partial charge on any atom is 0.227 e. The van der Waals surface area contributed by atoms with E-state index in [4.69, 9.17) is 0 Å². The molecule has 1 spiro atoms. The summed E-state index contributed by atoms with van der Waals surface area (Å²) in [6, 6.07) is 0. The first-order valence-electron chi connectivity index (χ1n) is 6.49. The van der Waals surface area contributed by atoms with Gasteiger partial charge < -0.3 is 0 Å². The highest BCUT2D eigenvalue weighted by molar-refractivity contribution is 5.98. The third kappa shape index (κ3) is 3.01. The van der Waals surface area contributed by atoms with Crippen molar-refractivity contribution in [2.24, 2.45) is 11.3 Å². The molecule has 0 aromatic carbocycles. The van der Waals surface area contributed by atoms with Crippen LogP contribution in [-0.2, 0) is 9.59 Å². The van der Waals surface area contributed by atoms with Crippen LogP contribution in [0, 0.1) is 11.3 Å². The fourth-order valence-corrected chi connectivity index (χ4v) is 3.52. The van der Waals surface area contributed by atoms with Crippen molar-refractivity contribution in [1.82, 2.24) is 5.32 Å². The van der Waals surface area contributed by atoms with E-state index in [0.29, 0.717) is 18.8 Å². The molecule has 17 heavy (non-hydrogen) atoms. The number of amides is 2. The highest BCUT2D eigenvalue weighted by Gasteiger charge is 2.47. The van der Waals surface area contributed by atoms with Crippen LogP contribution >= 0.6 is 12.4 Å². The van der Waals surface area contributed by atoms with Crippen molar-refractivity contribution >= 4 is 24.2 Å². The van der Waals surface area contributed by atoms with E-state index in [2.05, 4.69) is 12.2 Å². The SMILES string of the molecule is CCCCC1CCCC12CC(=O)NC(=O)C2.Cl. The van der Waals surface area contributed by atoms with Crippen LogP contribution in [0.2, 0.25) is 0 Å². The summed E-state index contributed by atoms with van der Waals surface area (Å²) >= 11 is 0. The molecule has 3 nitrogen and oxygen atoms in total. The number of halogens is 1. The van der Waals surface area contributed by atoms with Gasteiger partial charge in [0.15, 0.2) is 0 Å². The molecule has 1 aliphatic heterocycles. The minimum Gasteiger partial charge on any atom is -0.296 e. The third-order valence-electron chi connectivity index (χ3n) is 4.30. The van der Waals surface area contributed by atoms with Crippen molar-refractivity contribution in [1.29, 1.82) is 0 Å². The topological polar surface area (TPSA) is 46.2 Å². The Kier molecular flexibility index (Phi) is 4.99. The highest BCUT2D eigenvalue weighted by atomic mass is 35.5. The van der Waals surface area contributed by atoms with Gasteiger partial charge in [0.2, 0.25) is 11.8 Å². The van der Waals surface area contributed by atoms with Gasteiger partial charge in [-0.1, -0.05) is 26.2 Å². The molecule has 0 aromatic rings. The van der Waals surface area contributed by atoms with Gasteiger partial charge in [0.05, 0.1) is 0 Å². The van der Waals surface area contributed by atoms with Crippen molar-refractivity contribution in [3.8, 4) is 0 Å². The third-order valence-corrected chi connectivity index (χ3v) is 4.30. The molecular weight excluding hydrogens is 238 g/mol. The molecule has 2 fully saturated rings. The van der Waals surface area contributed by atoms with Crippen LogP contribution in [0.4, 0.5) is 0 Å². The Morgan fingerprint density at radius 3 is 2.53 bits per heavy atom. The first-order chi connectivity index (χ1) is 7.66. The number of piperidine rings is 1. The van der Waals surface area contributed by atoms with Crippen LogP contribution in [-0.4, -0.2) is 11.8 Å². The fraction of sp³-hybridized carbons (Fsp3) is 0.846. The molecular formula is C13H22ClNO2. The molecule has 2 aliphatic rings. The summed E-state index contributed by atoms with van der Waals surface area (Å²) in [6.07, 6.45) is 8.24. The number of unbranched alkanes of at least 4 members (excludes halogenated alkanes) is 1. The van der Waals surface area contributed by atoms with Crippen molar-refractivity contribution in [2.75, 3.05) is 0 Å². The molecule has 98 valence electrons. The van der Waals surface area contributed by atoms with Crippen LogP contribution in [0.25, 0.3) is 0 Å². The number of carbonyl (C=O) groups excluding carboxylic acids is 2. The zero-order valence-electron chi connectivity index (χ0n) is 10.5. The molecule has 1 saturated heterocycles. The van der Waals surface area contributed by atoms with Crippen molar-refractivity contribution in [3.05, 3.63) is 0 Å². The van der Waals surface area contributed by atoms with Crippen LogP contribution in [0.15, 0.2) is 0 Å². The van der Waals surface area contributed by atoms with E-state index in [0.717, 1.165) is 6.42 Å². The number of carbonyl (C=O) groups is 2. The molecule has 2 rings (SSSR count). The fourth-order valence-electron chi connectivity index (χ4n) is 3.52. The number of hydrogen-bond acceptors (Lipinski definition) is 2. The summed E-state index contributed by atoms with van der Waals surface area (Å²) in [5.74, 6) is 0.488. The first kappa shape index (κ1) is 14.5. The molecule has 4 heteroatoms. The maximum absolute atomic E-state index is 11.5. The van der Waals surface area contributed by atoms with Crippen LogP contribution in [0.3, 0.4) is 0 Å². The summed E-state index contributed by atoms with van der Waals surface area (Å²) < 4.78 is 0. The van der Waals surface area contributed by atoms with Crippen molar-refractivity contribution < 1.29 is 9.59 Å². The lowest BCUT2D eigenvalue weighted by molar-refractivity contribution is -0.139. The Hall–Kier alpha value is -0.570. The summed E-state index contributed by atoms with van der Waals surface area (Å²) in [7, 11) is 0. The van der Waals surface area contributed by atoms with E-state index < -0.39 is 0 Å². The Balaban J connectivity index is 0.00000144. The summed E-state index contributed by atoms with van der Waals surface area (Å²) in [5, 5.41) is 2.43. The lowest BCUT2D eigenvalue weighted by Crippen LogP contribution is -2.46. The van der Waals surface area contributed by atoms with Gasteiger partial charge in [-0.05, 0) is 30.6 Å². The summed E-state index contributed by atoms with van der Waals surface area (Å²) in [6.45, 7) is 2.19. The molecule has 1 heterocycles. The lowest BCUT2D eigenvalue weighted by Gasteiger charge is -2.37. The van der Waals surface area contributed by atoms with Gasteiger partial charge in [0, 0.05) is 12.8 Å². The number of imide groups is 1. The predicted octanol–water partition coefficient (Wildman–Crippen LogP) is 2.82. The Morgan fingerprint density at radius 1 is 1.29 bits per heavy atom. The van der Waals surface area contributed by atoms with Crippen LogP contribution in [0.1, 0.15) is 58.3 Å². The second-order valence-electron chi connectivity index (χ2n) is 5.42. The van der Waals surface area contributed by atoms with Gasteiger partial charge in [-0.25, -0.2) is 0 Å². The van der Waals surface area contributed by atoms with Gasteiger partial charge in [-0.2, -0.15) is 0 Å². The molecule has 0 bridgehead atoms. The van der Waals surface area contributed by atoms with E-state index in [-0.39, 0.29) is 29.6 Å². The largest absolute Gasteiger partial charge is 0.296 e. The number of rotatable bonds is 3. The van der Waals surface area contributed by atoms with Gasteiger partial charge >= 0.3 is 0 Å².